The van der Waals surface area contributed by atoms with E-state index < -0.39 is 0 Å². The highest BCUT2D eigenvalue weighted by atomic mass is 19.1. The first-order valence-electron chi connectivity index (χ1n) is 6.89. The molecule has 0 saturated carbocycles. The summed E-state index contributed by atoms with van der Waals surface area (Å²) < 4.78 is 18.4. The predicted molar refractivity (Wildman–Crippen MR) is 76.5 cm³/mol. The lowest BCUT2D eigenvalue weighted by Gasteiger charge is -2.32. The SMILES string of the molecule is CCOCCN(C)C(c1ccc(F)cc1)C(N)CC. The van der Waals surface area contributed by atoms with Crippen LogP contribution in [0.1, 0.15) is 31.9 Å². The largest absolute Gasteiger partial charge is 0.380 e. The smallest absolute Gasteiger partial charge is 0.123 e. The van der Waals surface area contributed by atoms with Gasteiger partial charge in [-0.3, -0.25) is 4.90 Å². The second-order valence-electron chi connectivity index (χ2n) is 4.75. The highest BCUT2D eigenvalue weighted by Crippen LogP contribution is 2.24. The van der Waals surface area contributed by atoms with Crippen molar-refractivity contribution in [2.45, 2.75) is 32.4 Å². The van der Waals surface area contributed by atoms with Gasteiger partial charge in [-0.1, -0.05) is 19.1 Å². The van der Waals surface area contributed by atoms with Crippen molar-refractivity contribution in [2.75, 3.05) is 26.8 Å². The van der Waals surface area contributed by atoms with Crippen LogP contribution in [-0.4, -0.2) is 37.7 Å². The minimum absolute atomic E-state index is 0.0251. The minimum Gasteiger partial charge on any atom is -0.380 e. The third kappa shape index (κ3) is 4.90. The summed E-state index contributed by atoms with van der Waals surface area (Å²) in [5, 5.41) is 0. The molecular formula is C15H25FN2O. The van der Waals surface area contributed by atoms with Crippen molar-refractivity contribution in [3.05, 3.63) is 35.6 Å². The third-order valence-corrected chi connectivity index (χ3v) is 3.36. The molecule has 2 unspecified atom stereocenters. The molecule has 1 aromatic carbocycles. The van der Waals surface area contributed by atoms with Crippen LogP contribution in [0.3, 0.4) is 0 Å². The Hall–Kier alpha value is -0.970. The van der Waals surface area contributed by atoms with Gasteiger partial charge >= 0.3 is 0 Å². The Balaban J connectivity index is 2.79. The van der Waals surface area contributed by atoms with E-state index in [1.165, 1.54) is 12.1 Å². The van der Waals surface area contributed by atoms with E-state index in [9.17, 15) is 4.39 Å². The fourth-order valence-electron chi connectivity index (χ4n) is 2.20. The van der Waals surface area contributed by atoms with Crippen molar-refractivity contribution in [3.63, 3.8) is 0 Å². The van der Waals surface area contributed by atoms with E-state index in [-0.39, 0.29) is 17.9 Å². The molecule has 1 aromatic rings. The van der Waals surface area contributed by atoms with Crippen molar-refractivity contribution < 1.29 is 9.13 Å². The Morgan fingerprint density at radius 1 is 1.26 bits per heavy atom. The van der Waals surface area contributed by atoms with Crippen LogP contribution in [0.5, 0.6) is 0 Å². The van der Waals surface area contributed by atoms with Gasteiger partial charge in [-0.25, -0.2) is 4.39 Å². The lowest BCUT2D eigenvalue weighted by Crippen LogP contribution is -2.40. The molecule has 0 aliphatic rings. The summed E-state index contributed by atoms with van der Waals surface area (Å²) >= 11 is 0. The lowest BCUT2D eigenvalue weighted by atomic mass is 9.96. The van der Waals surface area contributed by atoms with Gasteiger partial charge in [0.25, 0.3) is 0 Å². The van der Waals surface area contributed by atoms with Gasteiger partial charge in [0.15, 0.2) is 0 Å². The number of likely N-dealkylation sites (N-methyl/N-ethyl adjacent to an activating group) is 1. The van der Waals surface area contributed by atoms with Crippen LogP contribution in [-0.2, 0) is 4.74 Å². The maximum absolute atomic E-state index is 13.0. The standard InChI is InChI=1S/C15H25FN2O/c1-4-14(17)15(18(3)10-11-19-5-2)12-6-8-13(16)9-7-12/h6-9,14-15H,4-5,10-11,17H2,1-3H3. The van der Waals surface area contributed by atoms with Gasteiger partial charge in [0, 0.05) is 25.2 Å². The van der Waals surface area contributed by atoms with Gasteiger partial charge in [-0.05, 0) is 38.1 Å². The van der Waals surface area contributed by atoms with Crippen LogP contribution in [0.15, 0.2) is 24.3 Å². The van der Waals surface area contributed by atoms with E-state index in [2.05, 4.69) is 11.8 Å². The van der Waals surface area contributed by atoms with Crippen LogP contribution >= 0.6 is 0 Å². The monoisotopic (exact) mass is 268 g/mol. The number of hydrogen-bond acceptors (Lipinski definition) is 3. The van der Waals surface area contributed by atoms with Gasteiger partial charge in [0.1, 0.15) is 5.82 Å². The average Bonchev–Trinajstić information content (AvgIpc) is 2.41. The van der Waals surface area contributed by atoms with Gasteiger partial charge in [-0.2, -0.15) is 0 Å². The number of benzene rings is 1. The van der Waals surface area contributed by atoms with Crippen molar-refractivity contribution in [2.24, 2.45) is 5.73 Å². The Morgan fingerprint density at radius 3 is 2.42 bits per heavy atom. The predicted octanol–water partition coefficient (Wildman–Crippen LogP) is 2.57. The van der Waals surface area contributed by atoms with E-state index in [1.54, 1.807) is 0 Å². The molecule has 108 valence electrons. The summed E-state index contributed by atoms with van der Waals surface area (Å²) in [5.74, 6) is -0.218. The number of ether oxygens (including phenoxy) is 1. The summed E-state index contributed by atoms with van der Waals surface area (Å²) in [4.78, 5) is 2.18. The quantitative estimate of drug-likeness (QED) is 0.736. The Kier molecular flexibility index (Phi) is 6.99. The second-order valence-corrected chi connectivity index (χ2v) is 4.75. The van der Waals surface area contributed by atoms with Crippen LogP contribution in [0, 0.1) is 5.82 Å². The zero-order valence-electron chi connectivity index (χ0n) is 12.1. The Bertz CT molecular complexity index is 356. The molecule has 0 saturated heterocycles. The maximum Gasteiger partial charge on any atom is 0.123 e. The number of halogens is 1. The highest BCUT2D eigenvalue weighted by molar-refractivity contribution is 5.21. The number of rotatable bonds is 8. The Labute approximate surface area is 115 Å². The summed E-state index contributed by atoms with van der Waals surface area (Å²) in [6, 6.07) is 6.71. The molecule has 19 heavy (non-hydrogen) atoms. The zero-order valence-corrected chi connectivity index (χ0v) is 12.1. The molecule has 0 heterocycles. The average molecular weight is 268 g/mol. The molecule has 0 spiro atoms. The van der Waals surface area contributed by atoms with Crippen LogP contribution in [0.4, 0.5) is 4.39 Å². The molecule has 4 heteroatoms. The van der Waals surface area contributed by atoms with E-state index in [0.29, 0.717) is 6.61 Å². The third-order valence-electron chi connectivity index (χ3n) is 3.36. The van der Waals surface area contributed by atoms with Crippen molar-refractivity contribution >= 4 is 0 Å². The van der Waals surface area contributed by atoms with Crippen molar-refractivity contribution in [1.82, 2.24) is 4.90 Å². The summed E-state index contributed by atoms with van der Waals surface area (Å²) in [5.41, 5.74) is 7.27. The molecular weight excluding hydrogens is 243 g/mol. The zero-order chi connectivity index (χ0) is 14.3. The molecule has 0 aromatic heterocycles. The van der Waals surface area contributed by atoms with E-state index >= 15 is 0 Å². The topological polar surface area (TPSA) is 38.5 Å². The van der Waals surface area contributed by atoms with E-state index in [4.69, 9.17) is 10.5 Å². The molecule has 2 N–H and O–H groups in total. The molecule has 0 fully saturated rings. The number of hydrogen-bond donors (Lipinski definition) is 1. The minimum atomic E-state index is -0.218. The van der Waals surface area contributed by atoms with Gasteiger partial charge < -0.3 is 10.5 Å². The first-order chi connectivity index (χ1) is 9.10. The maximum atomic E-state index is 13.0. The van der Waals surface area contributed by atoms with Crippen molar-refractivity contribution in [3.8, 4) is 0 Å². The molecule has 0 amide bonds. The van der Waals surface area contributed by atoms with Gasteiger partial charge in [-0.15, -0.1) is 0 Å². The second kappa shape index (κ2) is 8.25. The van der Waals surface area contributed by atoms with Crippen LogP contribution in [0.25, 0.3) is 0 Å². The molecule has 3 nitrogen and oxygen atoms in total. The fraction of sp³-hybridized carbons (Fsp3) is 0.600. The van der Waals surface area contributed by atoms with Crippen molar-refractivity contribution in [1.29, 1.82) is 0 Å². The lowest BCUT2D eigenvalue weighted by molar-refractivity contribution is 0.100. The van der Waals surface area contributed by atoms with Crippen LogP contribution in [0.2, 0.25) is 0 Å². The number of nitrogens with two attached hydrogens (primary N) is 1. The number of nitrogens with zero attached hydrogens (tertiary/aromatic N) is 1. The first kappa shape index (κ1) is 16.1. The van der Waals surface area contributed by atoms with E-state index in [1.807, 2.05) is 26.1 Å². The summed E-state index contributed by atoms with van der Waals surface area (Å²) in [6.07, 6.45) is 0.876. The first-order valence-corrected chi connectivity index (χ1v) is 6.89. The van der Waals surface area contributed by atoms with Gasteiger partial charge in [0.05, 0.1) is 6.61 Å². The normalized spacial score (nSPS) is 14.6. The fourth-order valence-corrected chi connectivity index (χ4v) is 2.20. The van der Waals surface area contributed by atoms with Gasteiger partial charge in [0.2, 0.25) is 0 Å². The molecule has 0 bridgehead atoms. The molecule has 0 aliphatic carbocycles. The molecule has 0 radical (unpaired) electrons. The van der Waals surface area contributed by atoms with E-state index in [0.717, 1.165) is 25.1 Å². The molecule has 1 rings (SSSR count). The highest BCUT2D eigenvalue weighted by Gasteiger charge is 2.22. The van der Waals surface area contributed by atoms with Crippen LogP contribution < -0.4 is 5.73 Å². The summed E-state index contributed by atoms with van der Waals surface area (Å²) in [7, 11) is 2.03. The Morgan fingerprint density at radius 2 is 1.89 bits per heavy atom. The summed E-state index contributed by atoms with van der Waals surface area (Å²) in [6.45, 7) is 6.26. The molecule has 2 atom stereocenters. The molecule has 0 aliphatic heterocycles.